The Morgan fingerprint density at radius 1 is 1.00 bits per heavy atom. The summed E-state index contributed by atoms with van der Waals surface area (Å²) in [6.07, 6.45) is 0.0396. The summed E-state index contributed by atoms with van der Waals surface area (Å²) in [6.45, 7) is 0.456. The standard InChI is InChI=1S/C23H20Br2N4O2/c24-16-10-15(11-17(25)20(16)26)12-23(27,22(30)31)21-28-18-8-4-5-9-19(18)29(21)13-14-6-2-1-3-7-14/h1-11H,12-13,26-27H2,(H,30,31)/t23-/m1/s1. The van der Waals surface area contributed by atoms with E-state index in [9.17, 15) is 9.90 Å². The Balaban J connectivity index is 1.87. The number of hydrogen-bond acceptors (Lipinski definition) is 4. The third-order valence-electron chi connectivity index (χ3n) is 5.24. The van der Waals surface area contributed by atoms with Crippen LogP contribution in [0.1, 0.15) is 17.0 Å². The van der Waals surface area contributed by atoms with Crippen molar-refractivity contribution >= 4 is 54.5 Å². The van der Waals surface area contributed by atoms with E-state index in [1.165, 1.54) is 0 Å². The van der Waals surface area contributed by atoms with Crippen molar-refractivity contribution in [2.45, 2.75) is 18.5 Å². The first-order valence-corrected chi connectivity index (χ1v) is 11.1. The highest BCUT2D eigenvalue weighted by Gasteiger charge is 2.41. The van der Waals surface area contributed by atoms with Gasteiger partial charge in [-0.15, -0.1) is 0 Å². The van der Waals surface area contributed by atoms with Crippen molar-refractivity contribution in [3.8, 4) is 0 Å². The molecule has 0 aliphatic heterocycles. The number of anilines is 1. The molecular formula is C23H20Br2N4O2. The van der Waals surface area contributed by atoms with Gasteiger partial charge >= 0.3 is 5.97 Å². The first-order valence-electron chi connectivity index (χ1n) is 9.55. The SMILES string of the molecule is Nc1c(Br)cc(C[C@](N)(C(=O)O)c2nc3ccccc3n2Cc2ccccc2)cc1Br. The molecule has 0 saturated heterocycles. The number of aliphatic carboxylic acids is 1. The molecule has 31 heavy (non-hydrogen) atoms. The number of nitrogens with two attached hydrogens (primary N) is 2. The zero-order valence-electron chi connectivity index (χ0n) is 16.4. The molecule has 0 saturated carbocycles. The molecule has 0 bridgehead atoms. The number of carboxylic acids is 1. The van der Waals surface area contributed by atoms with Crippen LogP contribution < -0.4 is 11.5 Å². The summed E-state index contributed by atoms with van der Waals surface area (Å²) in [6, 6.07) is 21.0. The fraction of sp³-hybridized carbons (Fsp3) is 0.130. The number of carboxylic acid groups (broad SMARTS) is 1. The van der Waals surface area contributed by atoms with Gasteiger partial charge in [0, 0.05) is 21.9 Å². The summed E-state index contributed by atoms with van der Waals surface area (Å²) < 4.78 is 3.23. The lowest BCUT2D eigenvalue weighted by molar-refractivity contribution is -0.144. The minimum atomic E-state index is -1.75. The molecule has 8 heteroatoms. The Hall–Kier alpha value is -2.68. The van der Waals surface area contributed by atoms with Crippen LogP contribution in [0.3, 0.4) is 0 Å². The third kappa shape index (κ3) is 4.11. The van der Waals surface area contributed by atoms with Gasteiger partial charge in [0.05, 0.1) is 16.7 Å². The molecule has 1 heterocycles. The number of halogens is 2. The molecule has 3 aromatic carbocycles. The molecule has 0 fully saturated rings. The van der Waals surface area contributed by atoms with Crippen LogP contribution in [0.2, 0.25) is 0 Å². The number of para-hydroxylation sites is 2. The summed E-state index contributed by atoms with van der Waals surface area (Å²) in [5.41, 5.74) is 14.7. The van der Waals surface area contributed by atoms with Crippen LogP contribution in [0.15, 0.2) is 75.7 Å². The lowest BCUT2D eigenvalue weighted by Gasteiger charge is -2.26. The number of benzene rings is 3. The van der Waals surface area contributed by atoms with E-state index in [-0.39, 0.29) is 6.42 Å². The van der Waals surface area contributed by atoms with E-state index in [2.05, 4.69) is 36.8 Å². The molecule has 1 aromatic heterocycles. The van der Waals surface area contributed by atoms with E-state index in [0.29, 0.717) is 32.5 Å². The first-order chi connectivity index (χ1) is 14.8. The number of hydrogen-bond donors (Lipinski definition) is 3. The van der Waals surface area contributed by atoms with Crippen molar-refractivity contribution in [2.24, 2.45) is 5.73 Å². The largest absolute Gasteiger partial charge is 0.480 e. The van der Waals surface area contributed by atoms with Gasteiger partial charge in [-0.2, -0.15) is 0 Å². The van der Waals surface area contributed by atoms with Gasteiger partial charge in [-0.1, -0.05) is 42.5 Å². The maximum Gasteiger partial charge on any atom is 0.331 e. The van der Waals surface area contributed by atoms with Gasteiger partial charge in [-0.25, -0.2) is 9.78 Å². The summed E-state index contributed by atoms with van der Waals surface area (Å²) >= 11 is 6.84. The third-order valence-corrected chi connectivity index (χ3v) is 6.55. The fourth-order valence-corrected chi connectivity index (χ4v) is 4.93. The fourth-order valence-electron chi connectivity index (χ4n) is 3.65. The number of nitrogen functional groups attached to an aromatic ring is 1. The van der Waals surface area contributed by atoms with Crippen LogP contribution in [-0.4, -0.2) is 20.6 Å². The topological polar surface area (TPSA) is 107 Å². The highest BCUT2D eigenvalue weighted by atomic mass is 79.9. The van der Waals surface area contributed by atoms with Gasteiger partial charge < -0.3 is 21.1 Å². The van der Waals surface area contributed by atoms with Crippen molar-refractivity contribution in [1.29, 1.82) is 0 Å². The molecule has 1 atom stereocenters. The highest BCUT2D eigenvalue weighted by Crippen LogP contribution is 2.33. The average Bonchev–Trinajstić information content (AvgIpc) is 3.11. The summed E-state index contributed by atoms with van der Waals surface area (Å²) in [5.74, 6) is -0.852. The van der Waals surface area contributed by atoms with E-state index >= 15 is 0 Å². The predicted molar refractivity (Wildman–Crippen MR) is 129 cm³/mol. The summed E-state index contributed by atoms with van der Waals surface area (Å²) in [4.78, 5) is 17.2. The predicted octanol–water partition coefficient (Wildman–Crippen LogP) is 4.67. The van der Waals surface area contributed by atoms with Gasteiger partial charge in [0.2, 0.25) is 0 Å². The van der Waals surface area contributed by atoms with Gasteiger partial charge in [0.1, 0.15) is 5.82 Å². The number of aromatic nitrogens is 2. The summed E-state index contributed by atoms with van der Waals surface area (Å²) in [7, 11) is 0. The number of rotatable bonds is 6. The van der Waals surface area contributed by atoms with Crippen molar-refractivity contribution in [3.63, 3.8) is 0 Å². The van der Waals surface area contributed by atoms with Gasteiger partial charge in [-0.3, -0.25) is 0 Å². The highest BCUT2D eigenvalue weighted by molar-refractivity contribution is 9.11. The summed E-state index contributed by atoms with van der Waals surface area (Å²) in [5, 5.41) is 10.2. The van der Waals surface area contributed by atoms with Crippen LogP contribution in [0.25, 0.3) is 11.0 Å². The molecule has 4 aromatic rings. The minimum absolute atomic E-state index is 0.0396. The molecular weight excluding hydrogens is 524 g/mol. The van der Waals surface area contributed by atoms with Crippen molar-refractivity contribution in [1.82, 2.24) is 9.55 Å². The quantitative estimate of drug-likeness (QED) is 0.306. The maximum atomic E-state index is 12.5. The van der Waals surface area contributed by atoms with Crippen molar-refractivity contribution < 1.29 is 9.90 Å². The molecule has 5 N–H and O–H groups in total. The van der Waals surface area contributed by atoms with E-state index in [1.807, 2.05) is 59.2 Å². The Bertz CT molecular complexity index is 1250. The zero-order valence-corrected chi connectivity index (χ0v) is 19.6. The zero-order chi connectivity index (χ0) is 22.2. The lowest BCUT2D eigenvalue weighted by atomic mass is 9.90. The molecule has 0 amide bonds. The first kappa shape index (κ1) is 21.5. The number of imidazole rings is 1. The van der Waals surface area contributed by atoms with Crippen LogP contribution in [0.4, 0.5) is 5.69 Å². The molecule has 6 nitrogen and oxygen atoms in total. The second-order valence-corrected chi connectivity index (χ2v) is 9.13. The average molecular weight is 544 g/mol. The molecule has 0 unspecified atom stereocenters. The van der Waals surface area contributed by atoms with Gasteiger partial charge in [-0.05, 0) is 67.3 Å². The Kier molecular flexibility index (Phi) is 5.88. The Labute approximate surface area is 196 Å². The second-order valence-electron chi connectivity index (χ2n) is 7.42. The monoisotopic (exact) mass is 542 g/mol. The van der Waals surface area contributed by atoms with Gasteiger partial charge in [0.15, 0.2) is 5.54 Å². The number of fused-ring (bicyclic) bond motifs is 1. The van der Waals surface area contributed by atoms with Crippen molar-refractivity contribution in [3.05, 3.63) is 92.6 Å². The maximum absolute atomic E-state index is 12.5. The van der Waals surface area contributed by atoms with E-state index in [1.54, 1.807) is 12.1 Å². The van der Waals surface area contributed by atoms with E-state index < -0.39 is 11.5 Å². The van der Waals surface area contributed by atoms with Crippen LogP contribution >= 0.6 is 31.9 Å². The molecule has 0 spiro atoms. The van der Waals surface area contributed by atoms with E-state index in [4.69, 9.17) is 11.5 Å². The van der Waals surface area contributed by atoms with Gasteiger partial charge in [0.25, 0.3) is 0 Å². The molecule has 0 aliphatic carbocycles. The smallest absolute Gasteiger partial charge is 0.331 e. The number of carbonyl (C=O) groups is 1. The normalized spacial score (nSPS) is 13.3. The number of nitrogens with zero attached hydrogens (tertiary/aromatic N) is 2. The molecule has 4 rings (SSSR count). The Morgan fingerprint density at radius 3 is 2.26 bits per heavy atom. The molecule has 158 valence electrons. The van der Waals surface area contributed by atoms with E-state index in [0.717, 1.165) is 16.6 Å². The minimum Gasteiger partial charge on any atom is -0.480 e. The second kappa shape index (κ2) is 8.45. The van der Waals surface area contributed by atoms with Crippen LogP contribution in [-0.2, 0) is 23.3 Å². The van der Waals surface area contributed by atoms with Crippen LogP contribution in [0.5, 0.6) is 0 Å². The van der Waals surface area contributed by atoms with Crippen LogP contribution in [0, 0.1) is 0 Å². The molecule has 0 aliphatic rings. The Morgan fingerprint density at radius 2 is 1.61 bits per heavy atom. The van der Waals surface area contributed by atoms with Crippen molar-refractivity contribution in [2.75, 3.05) is 5.73 Å². The molecule has 0 radical (unpaired) electrons. The lowest BCUT2D eigenvalue weighted by Crippen LogP contribution is -2.49.